The van der Waals surface area contributed by atoms with Gasteiger partial charge in [-0.1, -0.05) is 311 Å². The molecule has 0 aliphatic rings. The Kier molecular flexibility index (Phi) is 67.7. The Bertz CT molecular complexity index is 1610. The number of ether oxygens (including phenoxy) is 3. The average molecular weight is 1160 g/mol. The molecule has 0 aromatic carbocycles. The van der Waals surface area contributed by atoms with E-state index in [0.29, 0.717) is 19.3 Å². The predicted octanol–water partition coefficient (Wildman–Crippen LogP) is 24.8. The largest absolute Gasteiger partial charge is 0.462 e. The molecule has 0 heterocycles. The third-order valence-corrected chi connectivity index (χ3v) is 15.5. The van der Waals surface area contributed by atoms with E-state index < -0.39 is 6.10 Å². The lowest BCUT2D eigenvalue weighted by Crippen LogP contribution is -2.30. The highest BCUT2D eigenvalue weighted by Gasteiger charge is 2.19. The second-order valence-electron chi connectivity index (χ2n) is 23.8. The molecule has 0 saturated heterocycles. The zero-order valence-electron chi connectivity index (χ0n) is 54.9. The van der Waals surface area contributed by atoms with Crippen LogP contribution < -0.4 is 0 Å². The Morgan fingerprint density at radius 2 is 0.470 bits per heavy atom. The summed E-state index contributed by atoms with van der Waals surface area (Å²) in [7, 11) is 0. The van der Waals surface area contributed by atoms with E-state index in [0.717, 1.165) is 103 Å². The van der Waals surface area contributed by atoms with Gasteiger partial charge in [-0.15, -0.1) is 0 Å². The molecule has 0 rings (SSSR count). The lowest BCUT2D eigenvalue weighted by atomic mass is 10.0. The minimum Gasteiger partial charge on any atom is -0.462 e. The first-order valence-electron chi connectivity index (χ1n) is 35.7. The molecule has 1 atom stereocenters. The highest BCUT2D eigenvalue weighted by atomic mass is 16.6. The lowest BCUT2D eigenvalue weighted by Gasteiger charge is -2.18. The third-order valence-electron chi connectivity index (χ3n) is 15.5. The van der Waals surface area contributed by atoms with Crippen LogP contribution in [0.15, 0.2) is 97.2 Å². The topological polar surface area (TPSA) is 78.9 Å². The van der Waals surface area contributed by atoms with Crippen LogP contribution in [-0.4, -0.2) is 37.2 Å². The number of carbonyl (C=O) groups is 3. The molecule has 478 valence electrons. The number of unbranched alkanes of at least 4 members (excludes halogenated alkanes) is 38. The van der Waals surface area contributed by atoms with E-state index in [1.165, 1.54) is 212 Å². The summed E-state index contributed by atoms with van der Waals surface area (Å²) in [6.07, 6.45) is 95.7. The second kappa shape index (κ2) is 70.8. The van der Waals surface area contributed by atoms with Gasteiger partial charge in [-0.05, 0) is 122 Å². The van der Waals surface area contributed by atoms with E-state index >= 15 is 0 Å². The van der Waals surface area contributed by atoms with Gasteiger partial charge < -0.3 is 14.2 Å². The Hall–Kier alpha value is -3.67. The molecule has 6 heteroatoms. The highest BCUT2D eigenvalue weighted by molar-refractivity contribution is 5.71. The van der Waals surface area contributed by atoms with Crippen molar-refractivity contribution in [2.24, 2.45) is 0 Å². The molecule has 1 unspecified atom stereocenters. The molecule has 0 aliphatic heterocycles. The number of rotatable bonds is 65. The van der Waals surface area contributed by atoms with Crippen LogP contribution >= 0.6 is 0 Å². The molecule has 0 saturated carbocycles. The number of carbonyl (C=O) groups excluding carboxylic acids is 3. The van der Waals surface area contributed by atoms with Crippen molar-refractivity contribution < 1.29 is 28.6 Å². The smallest absolute Gasteiger partial charge is 0.306 e. The van der Waals surface area contributed by atoms with Gasteiger partial charge in [-0.2, -0.15) is 0 Å². The van der Waals surface area contributed by atoms with Crippen molar-refractivity contribution in [3.8, 4) is 0 Å². The van der Waals surface area contributed by atoms with Crippen molar-refractivity contribution >= 4 is 17.9 Å². The minimum absolute atomic E-state index is 0.0790. The maximum Gasteiger partial charge on any atom is 0.306 e. The van der Waals surface area contributed by atoms with Crippen molar-refractivity contribution in [2.45, 2.75) is 361 Å². The third kappa shape index (κ3) is 69.0. The fraction of sp³-hybridized carbons (Fsp3) is 0.753. The molecular weight excluding hydrogens is 1020 g/mol. The SMILES string of the molecule is CC/C=C\C/C=C\C/C=C\C/C=C\C/C=C\CCCCCCCCCCCCCCCC(=O)OCC(COC(=O)CCCCCCC/C=C\CCCCCC)OC(=O)CCCCCCCCCCCCC/C=C\C/C=C\CCCCCCC. The molecule has 0 aromatic rings. The van der Waals surface area contributed by atoms with E-state index in [1.54, 1.807) is 0 Å². The summed E-state index contributed by atoms with van der Waals surface area (Å²) in [4.78, 5) is 38.4. The first-order chi connectivity index (χ1) is 41.0. The maximum absolute atomic E-state index is 13.0. The van der Waals surface area contributed by atoms with Gasteiger partial charge in [-0.25, -0.2) is 0 Å². The highest BCUT2D eigenvalue weighted by Crippen LogP contribution is 2.17. The van der Waals surface area contributed by atoms with Crippen molar-refractivity contribution in [2.75, 3.05) is 13.2 Å². The number of hydrogen-bond acceptors (Lipinski definition) is 6. The molecule has 6 nitrogen and oxygen atoms in total. The van der Waals surface area contributed by atoms with Crippen LogP contribution in [0.3, 0.4) is 0 Å². The summed E-state index contributed by atoms with van der Waals surface area (Å²) in [5.74, 6) is -0.875. The molecule has 0 radical (unpaired) electrons. The average Bonchev–Trinajstić information content (AvgIpc) is 3.49. The summed E-state index contributed by atoms with van der Waals surface area (Å²) >= 11 is 0. The van der Waals surface area contributed by atoms with Gasteiger partial charge in [0.25, 0.3) is 0 Å². The van der Waals surface area contributed by atoms with E-state index in [9.17, 15) is 14.4 Å². The first-order valence-corrected chi connectivity index (χ1v) is 35.7. The van der Waals surface area contributed by atoms with Gasteiger partial charge in [0.1, 0.15) is 13.2 Å². The number of allylic oxidation sites excluding steroid dienone is 16. The quantitative estimate of drug-likeness (QED) is 0.0261. The Balaban J connectivity index is 4.26. The molecule has 0 fully saturated rings. The molecule has 0 bridgehead atoms. The molecule has 0 amide bonds. The van der Waals surface area contributed by atoms with Crippen LogP contribution in [0.5, 0.6) is 0 Å². The lowest BCUT2D eigenvalue weighted by molar-refractivity contribution is -0.167. The molecular formula is C77H134O6. The van der Waals surface area contributed by atoms with Crippen molar-refractivity contribution in [1.82, 2.24) is 0 Å². The molecule has 83 heavy (non-hydrogen) atoms. The number of esters is 3. The Morgan fingerprint density at radius 3 is 0.759 bits per heavy atom. The summed E-state index contributed by atoms with van der Waals surface area (Å²) in [5.41, 5.74) is 0. The van der Waals surface area contributed by atoms with Gasteiger partial charge in [0.15, 0.2) is 6.10 Å². The fourth-order valence-corrected chi connectivity index (χ4v) is 10.2. The predicted molar refractivity (Wildman–Crippen MR) is 362 cm³/mol. The van der Waals surface area contributed by atoms with Crippen LogP contribution in [0.1, 0.15) is 355 Å². The standard InChI is InChI=1S/C77H134O6/c1-4-7-10-13-16-19-22-25-27-29-31-33-35-36-37-38-39-40-42-43-45-47-49-52-55-58-61-64-67-70-76(79)82-73-74(72-81-75(78)69-66-63-60-57-54-51-24-21-18-15-12-9-6-3)83-77(80)71-68-65-62-59-56-53-50-48-46-44-41-34-32-30-28-26-23-20-17-14-11-8-5-2/h7,10,16,19,21,23-27,30-33,36-37,74H,4-6,8-9,11-15,17-18,20,22,28-29,34-35,38-73H2,1-3H3/b10-7-,19-16-,24-21-,26-23-,27-25-,32-30-,33-31-,37-36-. The van der Waals surface area contributed by atoms with Crippen LogP contribution in [0.4, 0.5) is 0 Å². The summed E-state index contributed by atoms with van der Waals surface area (Å²) in [5, 5.41) is 0. The zero-order chi connectivity index (χ0) is 59.9. The zero-order valence-corrected chi connectivity index (χ0v) is 54.9. The van der Waals surface area contributed by atoms with E-state index in [1.807, 2.05) is 0 Å². The Labute approximate surface area is 515 Å². The summed E-state index contributed by atoms with van der Waals surface area (Å²) in [6, 6.07) is 0. The van der Waals surface area contributed by atoms with Crippen LogP contribution in [0.25, 0.3) is 0 Å². The van der Waals surface area contributed by atoms with Gasteiger partial charge in [0.2, 0.25) is 0 Å². The second-order valence-corrected chi connectivity index (χ2v) is 23.8. The van der Waals surface area contributed by atoms with Crippen LogP contribution in [0.2, 0.25) is 0 Å². The van der Waals surface area contributed by atoms with Gasteiger partial charge in [-0.3, -0.25) is 14.4 Å². The molecule has 0 aliphatic carbocycles. The molecule has 0 N–H and O–H groups in total. The Morgan fingerprint density at radius 1 is 0.253 bits per heavy atom. The molecule has 0 aromatic heterocycles. The molecule has 0 spiro atoms. The minimum atomic E-state index is -0.784. The normalized spacial score (nSPS) is 12.7. The van der Waals surface area contributed by atoms with E-state index in [2.05, 4.69) is 118 Å². The number of hydrogen-bond donors (Lipinski definition) is 0. The van der Waals surface area contributed by atoms with E-state index in [-0.39, 0.29) is 31.1 Å². The van der Waals surface area contributed by atoms with E-state index in [4.69, 9.17) is 14.2 Å². The van der Waals surface area contributed by atoms with Gasteiger partial charge in [0.05, 0.1) is 0 Å². The van der Waals surface area contributed by atoms with Gasteiger partial charge in [0, 0.05) is 19.3 Å². The summed E-state index contributed by atoms with van der Waals surface area (Å²) in [6.45, 7) is 6.53. The van der Waals surface area contributed by atoms with Crippen LogP contribution in [-0.2, 0) is 28.6 Å². The first kappa shape index (κ1) is 79.3. The summed E-state index contributed by atoms with van der Waals surface area (Å²) < 4.78 is 17.0. The monoisotopic (exact) mass is 1160 g/mol. The van der Waals surface area contributed by atoms with Crippen molar-refractivity contribution in [3.05, 3.63) is 97.2 Å². The fourth-order valence-electron chi connectivity index (χ4n) is 10.2. The van der Waals surface area contributed by atoms with Crippen LogP contribution in [0, 0.1) is 0 Å². The van der Waals surface area contributed by atoms with Gasteiger partial charge >= 0.3 is 17.9 Å². The maximum atomic E-state index is 13.0. The van der Waals surface area contributed by atoms with Crippen molar-refractivity contribution in [1.29, 1.82) is 0 Å². The van der Waals surface area contributed by atoms with Crippen molar-refractivity contribution in [3.63, 3.8) is 0 Å².